The van der Waals surface area contributed by atoms with Gasteiger partial charge in [0.25, 0.3) is 11.8 Å². The van der Waals surface area contributed by atoms with E-state index in [0.29, 0.717) is 0 Å². The highest BCUT2D eigenvalue weighted by Crippen LogP contribution is 2.31. The minimum Gasteiger partial charge on any atom is -0.484 e. The number of carbonyl (C=O) groups is 2. The number of ether oxygens (including phenoxy) is 1. The third-order valence-corrected chi connectivity index (χ3v) is 2.64. The molecule has 0 atom stereocenters. The number of halogens is 3. The van der Waals surface area contributed by atoms with Gasteiger partial charge in [-0.15, -0.1) is 0 Å². The van der Waals surface area contributed by atoms with Crippen molar-refractivity contribution in [1.29, 1.82) is 0 Å². The van der Waals surface area contributed by atoms with E-state index in [1.165, 1.54) is 24.7 Å². The van der Waals surface area contributed by atoms with Crippen LogP contribution in [-0.2, 0) is 11.0 Å². The number of nitrogens with one attached hydrogen (secondary N) is 2. The smallest absolute Gasteiger partial charge is 0.416 e. The van der Waals surface area contributed by atoms with E-state index < -0.39 is 30.2 Å². The Bertz CT molecular complexity index is 723. The summed E-state index contributed by atoms with van der Waals surface area (Å²) in [6.07, 6.45) is -0.640. The molecule has 0 aliphatic heterocycles. The number of amides is 2. The number of nitrogens with zero attached hydrogens (tertiary/aromatic N) is 2. The maximum absolute atomic E-state index is 12.5. The zero-order valence-corrected chi connectivity index (χ0v) is 12.0. The molecular formula is C14H11F3N4O3. The molecule has 0 aliphatic carbocycles. The minimum atomic E-state index is -4.51. The maximum atomic E-state index is 12.5. The van der Waals surface area contributed by atoms with E-state index >= 15 is 0 Å². The van der Waals surface area contributed by atoms with Crippen molar-refractivity contribution >= 4 is 11.8 Å². The SMILES string of the molecule is O=C(COc1cccc(C(F)(F)F)c1)NNC(=O)c1cnccn1. The molecule has 0 saturated heterocycles. The molecule has 1 heterocycles. The van der Waals surface area contributed by atoms with Gasteiger partial charge in [-0.25, -0.2) is 4.98 Å². The molecular weight excluding hydrogens is 329 g/mol. The fraction of sp³-hybridized carbons (Fsp3) is 0.143. The normalized spacial score (nSPS) is 10.8. The van der Waals surface area contributed by atoms with Crippen molar-refractivity contribution in [3.63, 3.8) is 0 Å². The van der Waals surface area contributed by atoms with E-state index in [9.17, 15) is 22.8 Å². The number of hydrogen-bond donors (Lipinski definition) is 2. The first kappa shape index (κ1) is 17.2. The summed E-state index contributed by atoms with van der Waals surface area (Å²) in [7, 11) is 0. The van der Waals surface area contributed by atoms with E-state index in [1.54, 1.807) is 0 Å². The second-order valence-corrected chi connectivity index (χ2v) is 4.41. The molecule has 2 aromatic rings. The Morgan fingerprint density at radius 3 is 2.62 bits per heavy atom. The minimum absolute atomic E-state index is 0.0170. The molecule has 2 amide bonds. The van der Waals surface area contributed by atoms with Crippen molar-refractivity contribution in [2.75, 3.05) is 6.61 Å². The molecule has 10 heteroatoms. The van der Waals surface area contributed by atoms with Crippen LogP contribution in [0.4, 0.5) is 13.2 Å². The van der Waals surface area contributed by atoms with Crippen LogP contribution in [0.25, 0.3) is 0 Å². The Kier molecular flexibility index (Phi) is 5.30. The van der Waals surface area contributed by atoms with Crippen LogP contribution in [0.15, 0.2) is 42.9 Å². The first-order valence-electron chi connectivity index (χ1n) is 6.51. The highest BCUT2D eigenvalue weighted by atomic mass is 19.4. The van der Waals surface area contributed by atoms with E-state index in [0.717, 1.165) is 18.2 Å². The quantitative estimate of drug-likeness (QED) is 0.819. The first-order chi connectivity index (χ1) is 11.4. The van der Waals surface area contributed by atoms with Gasteiger partial charge in [0, 0.05) is 12.4 Å². The fourth-order valence-corrected chi connectivity index (χ4v) is 1.55. The predicted octanol–water partition coefficient (Wildman–Crippen LogP) is 1.34. The van der Waals surface area contributed by atoms with Crippen molar-refractivity contribution in [3.8, 4) is 5.75 Å². The Balaban J connectivity index is 1.82. The number of benzene rings is 1. The highest BCUT2D eigenvalue weighted by molar-refractivity contribution is 5.93. The molecule has 24 heavy (non-hydrogen) atoms. The summed E-state index contributed by atoms with van der Waals surface area (Å²) in [6, 6.07) is 4.09. The lowest BCUT2D eigenvalue weighted by molar-refractivity contribution is -0.137. The molecule has 0 saturated carbocycles. The lowest BCUT2D eigenvalue weighted by Crippen LogP contribution is -2.44. The Morgan fingerprint density at radius 1 is 1.17 bits per heavy atom. The molecule has 0 aliphatic rings. The molecule has 2 N–H and O–H groups in total. The van der Waals surface area contributed by atoms with Gasteiger partial charge < -0.3 is 4.74 Å². The molecule has 0 bridgehead atoms. The third kappa shape index (κ3) is 4.93. The first-order valence-corrected chi connectivity index (χ1v) is 6.51. The fourth-order valence-electron chi connectivity index (χ4n) is 1.55. The second kappa shape index (κ2) is 7.40. The van der Waals surface area contributed by atoms with Crippen LogP contribution in [0.3, 0.4) is 0 Å². The average molecular weight is 340 g/mol. The van der Waals surface area contributed by atoms with Crippen LogP contribution in [0.2, 0.25) is 0 Å². The van der Waals surface area contributed by atoms with E-state index in [2.05, 4.69) is 15.4 Å². The van der Waals surface area contributed by atoms with Gasteiger partial charge in [0.05, 0.1) is 11.8 Å². The summed E-state index contributed by atoms with van der Waals surface area (Å²) in [5.41, 5.74) is 3.20. The van der Waals surface area contributed by atoms with Gasteiger partial charge in [0.2, 0.25) is 0 Å². The lowest BCUT2D eigenvalue weighted by Gasteiger charge is -2.10. The molecule has 126 valence electrons. The molecule has 0 spiro atoms. The van der Waals surface area contributed by atoms with Crippen molar-refractivity contribution in [1.82, 2.24) is 20.8 Å². The Labute approximate surface area is 133 Å². The van der Waals surface area contributed by atoms with Crippen LogP contribution in [0.5, 0.6) is 5.75 Å². The number of hydrazine groups is 1. The summed E-state index contributed by atoms with van der Waals surface area (Å²) in [6.45, 7) is -0.581. The largest absolute Gasteiger partial charge is 0.484 e. The van der Waals surface area contributed by atoms with E-state index in [1.807, 2.05) is 5.43 Å². The van der Waals surface area contributed by atoms with Crippen LogP contribution < -0.4 is 15.6 Å². The Hall–Kier alpha value is -3.17. The van der Waals surface area contributed by atoms with Crippen LogP contribution in [0, 0.1) is 0 Å². The summed E-state index contributed by atoms with van der Waals surface area (Å²) in [5, 5.41) is 0. The van der Waals surface area contributed by atoms with Gasteiger partial charge in [-0.1, -0.05) is 6.07 Å². The number of aromatic nitrogens is 2. The van der Waals surface area contributed by atoms with Crippen LogP contribution in [-0.4, -0.2) is 28.4 Å². The average Bonchev–Trinajstić information content (AvgIpc) is 2.58. The maximum Gasteiger partial charge on any atom is 0.416 e. The van der Waals surface area contributed by atoms with E-state index in [4.69, 9.17) is 4.74 Å². The monoisotopic (exact) mass is 340 g/mol. The van der Waals surface area contributed by atoms with E-state index in [-0.39, 0.29) is 11.4 Å². The number of hydrogen-bond acceptors (Lipinski definition) is 5. The van der Waals surface area contributed by atoms with Gasteiger partial charge in [-0.3, -0.25) is 25.4 Å². The molecule has 0 radical (unpaired) electrons. The third-order valence-electron chi connectivity index (χ3n) is 2.64. The summed E-state index contributed by atoms with van der Waals surface area (Å²) in [5.74, 6) is -1.58. The van der Waals surface area contributed by atoms with Gasteiger partial charge >= 0.3 is 6.18 Å². The molecule has 1 aromatic heterocycles. The van der Waals surface area contributed by atoms with Crippen molar-refractivity contribution < 1.29 is 27.5 Å². The van der Waals surface area contributed by atoms with Crippen molar-refractivity contribution in [2.45, 2.75) is 6.18 Å². The van der Waals surface area contributed by atoms with Gasteiger partial charge in [0.15, 0.2) is 6.61 Å². The number of carbonyl (C=O) groups excluding carboxylic acids is 2. The number of rotatable bonds is 4. The summed E-state index contributed by atoms with van der Waals surface area (Å²) in [4.78, 5) is 30.5. The molecule has 2 rings (SSSR count). The topological polar surface area (TPSA) is 93.2 Å². The molecule has 1 aromatic carbocycles. The Morgan fingerprint density at radius 2 is 1.96 bits per heavy atom. The van der Waals surface area contributed by atoms with Crippen LogP contribution in [0.1, 0.15) is 16.1 Å². The van der Waals surface area contributed by atoms with Crippen LogP contribution >= 0.6 is 0 Å². The summed E-state index contributed by atoms with van der Waals surface area (Å²) >= 11 is 0. The van der Waals surface area contributed by atoms with Gasteiger partial charge in [-0.2, -0.15) is 13.2 Å². The van der Waals surface area contributed by atoms with Crippen molar-refractivity contribution in [3.05, 3.63) is 54.1 Å². The zero-order chi connectivity index (χ0) is 17.6. The zero-order valence-electron chi connectivity index (χ0n) is 12.0. The van der Waals surface area contributed by atoms with Gasteiger partial charge in [0.1, 0.15) is 11.4 Å². The number of alkyl halides is 3. The molecule has 0 fully saturated rings. The lowest BCUT2D eigenvalue weighted by atomic mass is 10.2. The predicted molar refractivity (Wildman–Crippen MR) is 74.6 cm³/mol. The summed E-state index contributed by atoms with van der Waals surface area (Å²) < 4.78 is 42.6. The standard InChI is InChI=1S/C14H11F3N4O3/c15-14(16,17)9-2-1-3-10(6-9)24-8-12(22)20-21-13(23)11-7-18-4-5-19-11/h1-7H,8H2,(H,20,22)(H,21,23). The molecule has 7 nitrogen and oxygen atoms in total. The molecule has 0 unspecified atom stereocenters. The second-order valence-electron chi connectivity index (χ2n) is 4.41. The van der Waals surface area contributed by atoms with Crippen molar-refractivity contribution in [2.24, 2.45) is 0 Å². The highest BCUT2D eigenvalue weighted by Gasteiger charge is 2.30. The van der Waals surface area contributed by atoms with Gasteiger partial charge in [-0.05, 0) is 18.2 Å².